The van der Waals surface area contributed by atoms with Crippen LogP contribution >= 0.6 is 0 Å². The maximum atomic E-state index is 14.1. The summed E-state index contributed by atoms with van der Waals surface area (Å²) in [6, 6.07) is 16.3. The Balaban J connectivity index is 1.56. The van der Waals surface area contributed by atoms with Crippen molar-refractivity contribution in [3.8, 4) is 11.1 Å². The van der Waals surface area contributed by atoms with Gasteiger partial charge < -0.3 is 5.32 Å². The zero-order valence-corrected chi connectivity index (χ0v) is 17.4. The number of halogens is 2. The van der Waals surface area contributed by atoms with Crippen molar-refractivity contribution in [2.24, 2.45) is 5.41 Å². The largest absolute Gasteiger partial charge is 0.359 e. The average Bonchev–Trinajstić information content (AvgIpc) is 3.20. The number of benzene rings is 2. The summed E-state index contributed by atoms with van der Waals surface area (Å²) in [6.07, 6.45) is 4.78. The van der Waals surface area contributed by atoms with Gasteiger partial charge in [-0.25, -0.2) is 8.78 Å². The molecule has 6 heteroatoms. The van der Waals surface area contributed by atoms with E-state index >= 15 is 0 Å². The van der Waals surface area contributed by atoms with Crippen LogP contribution in [0.1, 0.15) is 17.5 Å². The van der Waals surface area contributed by atoms with Gasteiger partial charge >= 0.3 is 0 Å². The number of likely N-dealkylation sites (tertiary alicyclic amines) is 1. The van der Waals surface area contributed by atoms with Crippen LogP contribution in [0, 0.1) is 17.0 Å². The first kappa shape index (κ1) is 21.1. The van der Waals surface area contributed by atoms with Gasteiger partial charge in [-0.2, -0.15) is 0 Å². The van der Waals surface area contributed by atoms with Gasteiger partial charge in [0.25, 0.3) is 0 Å². The third kappa shape index (κ3) is 4.49. The highest BCUT2D eigenvalue weighted by Gasteiger charge is 2.44. The Hall–Kier alpha value is -3.12. The molecule has 1 saturated heterocycles. The van der Waals surface area contributed by atoms with Gasteiger partial charge in [0.15, 0.2) is 11.6 Å². The Morgan fingerprint density at radius 3 is 2.71 bits per heavy atom. The summed E-state index contributed by atoms with van der Waals surface area (Å²) in [4.78, 5) is 19.1. The van der Waals surface area contributed by atoms with E-state index in [1.54, 1.807) is 19.3 Å². The third-order valence-corrected chi connectivity index (χ3v) is 6.03. The fourth-order valence-corrected chi connectivity index (χ4v) is 4.46. The lowest BCUT2D eigenvalue weighted by Gasteiger charge is -2.28. The molecule has 4 rings (SSSR count). The molecule has 0 bridgehead atoms. The Kier molecular flexibility index (Phi) is 6.09. The molecule has 2 aromatic carbocycles. The number of hydrogen-bond acceptors (Lipinski definition) is 3. The lowest BCUT2D eigenvalue weighted by Crippen LogP contribution is -2.43. The number of rotatable bonds is 6. The first-order valence-electron chi connectivity index (χ1n) is 10.4. The molecule has 0 saturated carbocycles. The zero-order valence-electron chi connectivity index (χ0n) is 17.4. The molecule has 1 aliphatic heterocycles. The van der Waals surface area contributed by atoms with Crippen LogP contribution in [0.2, 0.25) is 0 Å². The minimum atomic E-state index is -0.846. The van der Waals surface area contributed by atoms with Gasteiger partial charge in [0.2, 0.25) is 5.91 Å². The first-order valence-corrected chi connectivity index (χ1v) is 10.4. The Labute approximate surface area is 180 Å². The van der Waals surface area contributed by atoms with Gasteiger partial charge in [-0.1, -0.05) is 42.5 Å². The number of aromatic nitrogens is 1. The highest BCUT2D eigenvalue weighted by Crippen LogP contribution is 2.36. The van der Waals surface area contributed by atoms with E-state index in [1.165, 1.54) is 6.07 Å². The second kappa shape index (κ2) is 8.94. The van der Waals surface area contributed by atoms with Crippen molar-refractivity contribution in [2.75, 3.05) is 20.1 Å². The second-order valence-corrected chi connectivity index (χ2v) is 8.15. The monoisotopic (exact) mass is 421 g/mol. The number of nitrogens with one attached hydrogen (secondary N) is 1. The van der Waals surface area contributed by atoms with Crippen molar-refractivity contribution >= 4 is 5.91 Å². The SMILES string of the molecule is CNC(=O)C1(Cc2cccc(-c3cccnc3)c2)CCN(Cc2cccc(F)c2F)C1. The number of hydrogen-bond donors (Lipinski definition) is 1. The zero-order chi connectivity index (χ0) is 21.8. The van der Waals surface area contributed by atoms with E-state index < -0.39 is 17.0 Å². The van der Waals surface area contributed by atoms with Gasteiger partial charge in [-0.15, -0.1) is 0 Å². The van der Waals surface area contributed by atoms with Crippen molar-refractivity contribution in [3.05, 3.63) is 89.8 Å². The van der Waals surface area contributed by atoms with Gasteiger partial charge in [0.05, 0.1) is 5.41 Å². The molecule has 1 fully saturated rings. The molecule has 4 nitrogen and oxygen atoms in total. The van der Waals surface area contributed by atoms with Crippen LogP contribution < -0.4 is 5.32 Å². The summed E-state index contributed by atoms with van der Waals surface area (Å²) in [7, 11) is 1.64. The van der Waals surface area contributed by atoms with Crippen LogP contribution in [0.25, 0.3) is 11.1 Å². The van der Waals surface area contributed by atoms with Crippen molar-refractivity contribution < 1.29 is 13.6 Å². The molecule has 1 aromatic heterocycles. The number of pyridine rings is 1. The Morgan fingerprint density at radius 1 is 1.13 bits per heavy atom. The second-order valence-electron chi connectivity index (χ2n) is 8.15. The summed E-state index contributed by atoms with van der Waals surface area (Å²) in [5, 5.41) is 2.81. The van der Waals surface area contributed by atoms with Crippen molar-refractivity contribution in [1.29, 1.82) is 0 Å². The quantitative estimate of drug-likeness (QED) is 0.649. The molecular formula is C25H25F2N3O. The van der Waals surface area contributed by atoms with Gasteiger partial charge in [0.1, 0.15) is 0 Å². The highest BCUT2D eigenvalue weighted by molar-refractivity contribution is 5.83. The molecule has 0 spiro atoms. The normalized spacial score (nSPS) is 18.8. The summed E-state index contributed by atoms with van der Waals surface area (Å²) in [5.41, 5.74) is 2.82. The van der Waals surface area contributed by atoms with Crippen molar-refractivity contribution in [1.82, 2.24) is 15.2 Å². The number of amides is 1. The fraction of sp³-hybridized carbons (Fsp3) is 0.280. The molecule has 1 unspecified atom stereocenters. The summed E-state index contributed by atoms with van der Waals surface area (Å²) in [5.74, 6) is -1.69. The molecule has 31 heavy (non-hydrogen) atoms. The minimum absolute atomic E-state index is 0.0264. The smallest absolute Gasteiger partial charge is 0.227 e. The average molecular weight is 421 g/mol. The third-order valence-electron chi connectivity index (χ3n) is 6.03. The molecular weight excluding hydrogens is 396 g/mol. The van der Waals surface area contributed by atoms with E-state index in [4.69, 9.17) is 0 Å². The first-order chi connectivity index (χ1) is 15.0. The van der Waals surface area contributed by atoms with E-state index in [0.717, 1.165) is 22.8 Å². The molecule has 3 aromatic rings. The van der Waals surface area contributed by atoms with E-state index in [0.29, 0.717) is 31.5 Å². The van der Waals surface area contributed by atoms with Crippen LogP contribution in [-0.2, 0) is 17.8 Å². The van der Waals surface area contributed by atoms with Gasteiger partial charge in [0, 0.05) is 38.1 Å². The molecule has 1 amide bonds. The van der Waals surface area contributed by atoms with E-state index in [9.17, 15) is 13.6 Å². The Bertz CT molecular complexity index is 1070. The maximum Gasteiger partial charge on any atom is 0.227 e. The lowest BCUT2D eigenvalue weighted by molar-refractivity contribution is -0.130. The fourth-order valence-electron chi connectivity index (χ4n) is 4.46. The number of carbonyl (C=O) groups excluding carboxylic acids is 1. The molecule has 1 atom stereocenters. The van der Waals surface area contributed by atoms with Gasteiger partial charge in [-0.05, 0) is 48.2 Å². The molecule has 2 heterocycles. The molecule has 1 N–H and O–H groups in total. The highest BCUT2D eigenvalue weighted by atomic mass is 19.2. The predicted molar refractivity (Wildman–Crippen MR) is 116 cm³/mol. The van der Waals surface area contributed by atoms with E-state index in [1.807, 2.05) is 41.4 Å². The van der Waals surface area contributed by atoms with Crippen LogP contribution in [0.3, 0.4) is 0 Å². The van der Waals surface area contributed by atoms with Crippen LogP contribution in [0.4, 0.5) is 8.78 Å². The van der Waals surface area contributed by atoms with Crippen molar-refractivity contribution in [2.45, 2.75) is 19.4 Å². The lowest BCUT2D eigenvalue weighted by atomic mass is 9.79. The Morgan fingerprint density at radius 2 is 1.94 bits per heavy atom. The summed E-state index contributed by atoms with van der Waals surface area (Å²) in [6.45, 7) is 1.41. The summed E-state index contributed by atoms with van der Waals surface area (Å²) >= 11 is 0. The van der Waals surface area contributed by atoms with E-state index in [-0.39, 0.29) is 12.5 Å². The van der Waals surface area contributed by atoms with Crippen LogP contribution in [0.15, 0.2) is 67.0 Å². The maximum absolute atomic E-state index is 14.1. The summed E-state index contributed by atoms with van der Waals surface area (Å²) < 4.78 is 27.7. The molecule has 160 valence electrons. The van der Waals surface area contributed by atoms with Crippen LogP contribution in [-0.4, -0.2) is 35.9 Å². The number of nitrogens with zero attached hydrogens (tertiary/aromatic N) is 2. The van der Waals surface area contributed by atoms with Gasteiger partial charge in [-0.3, -0.25) is 14.7 Å². The van der Waals surface area contributed by atoms with Crippen molar-refractivity contribution in [3.63, 3.8) is 0 Å². The molecule has 0 aliphatic carbocycles. The van der Waals surface area contributed by atoms with Crippen LogP contribution in [0.5, 0.6) is 0 Å². The van der Waals surface area contributed by atoms with E-state index in [2.05, 4.69) is 16.4 Å². The molecule has 1 aliphatic rings. The standard InChI is InChI=1S/C25H25F2N3O/c1-28-24(31)25(10-12-30(17-25)16-21-7-3-9-22(26)23(21)27)14-18-5-2-6-19(13-18)20-8-4-11-29-15-20/h2-9,11,13,15H,10,12,14,16-17H2,1H3,(H,28,31). The number of carbonyl (C=O) groups is 1. The molecule has 0 radical (unpaired) electrons. The minimum Gasteiger partial charge on any atom is -0.359 e. The topological polar surface area (TPSA) is 45.2 Å². The predicted octanol–water partition coefficient (Wildman–Crippen LogP) is 4.21.